The molecule has 0 radical (unpaired) electrons. The van der Waals surface area contributed by atoms with Gasteiger partial charge in [0.15, 0.2) is 0 Å². The average molecular weight is 355 g/mol. The van der Waals surface area contributed by atoms with Crippen LogP contribution >= 0.6 is 11.6 Å². The summed E-state index contributed by atoms with van der Waals surface area (Å²) in [6.45, 7) is 4.12. The second-order valence-electron chi connectivity index (χ2n) is 6.45. The lowest BCUT2D eigenvalue weighted by atomic mass is 9.90. The van der Waals surface area contributed by atoms with E-state index in [1.807, 2.05) is 25.1 Å². The fourth-order valence-corrected chi connectivity index (χ4v) is 3.22. The number of hydrogen-bond acceptors (Lipinski definition) is 3. The van der Waals surface area contributed by atoms with Crippen LogP contribution in [0.2, 0.25) is 5.02 Å². The molecule has 0 spiro atoms. The lowest BCUT2D eigenvalue weighted by Crippen LogP contribution is -2.46. The smallest absolute Gasteiger partial charge is 0.317 e. The monoisotopic (exact) mass is 354 g/mol. The third-order valence-corrected chi connectivity index (χ3v) is 4.89. The fourth-order valence-electron chi connectivity index (χ4n) is 2.98. The van der Waals surface area contributed by atoms with Crippen molar-refractivity contribution in [3.63, 3.8) is 0 Å². The minimum atomic E-state index is -0.885. The van der Waals surface area contributed by atoms with Crippen molar-refractivity contribution in [2.45, 2.75) is 32.4 Å². The summed E-state index contributed by atoms with van der Waals surface area (Å²) >= 11 is 6.21. The SMILES string of the molecule is COC(c1ccccc1Cl)C(C)NC(=O)N1CCC(C)(C(=O)O)C1. The number of rotatable bonds is 5. The van der Waals surface area contributed by atoms with Crippen LogP contribution in [-0.2, 0) is 9.53 Å². The molecule has 1 heterocycles. The second kappa shape index (κ2) is 7.40. The third kappa shape index (κ3) is 3.82. The lowest BCUT2D eigenvalue weighted by molar-refractivity contribution is -0.147. The minimum Gasteiger partial charge on any atom is -0.481 e. The number of hydrogen-bond donors (Lipinski definition) is 2. The van der Waals surface area contributed by atoms with Gasteiger partial charge in [-0.25, -0.2) is 4.79 Å². The summed E-state index contributed by atoms with van der Waals surface area (Å²) < 4.78 is 5.51. The van der Waals surface area contributed by atoms with Crippen molar-refractivity contribution in [1.29, 1.82) is 0 Å². The van der Waals surface area contributed by atoms with Gasteiger partial charge in [0, 0.05) is 30.8 Å². The van der Waals surface area contributed by atoms with Gasteiger partial charge >= 0.3 is 12.0 Å². The molecule has 6 nitrogen and oxygen atoms in total. The van der Waals surface area contributed by atoms with E-state index < -0.39 is 17.5 Å². The normalized spacial score (nSPS) is 22.9. The predicted octanol–water partition coefficient (Wildman–Crippen LogP) is 2.92. The highest BCUT2D eigenvalue weighted by Gasteiger charge is 2.42. The Labute approximate surface area is 146 Å². The summed E-state index contributed by atoms with van der Waals surface area (Å²) in [6, 6.07) is 6.71. The molecule has 2 rings (SSSR count). The van der Waals surface area contributed by atoms with Crippen LogP contribution in [0.3, 0.4) is 0 Å². The molecule has 0 aliphatic carbocycles. The van der Waals surface area contributed by atoms with Gasteiger partial charge in [-0.05, 0) is 26.3 Å². The molecule has 0 bridgehead atoms. The molecule has 0 aromatic heterocycles. The van der Waals surface area contributed by atoms with Gasteiger partial charge in [-0.3, -0.25) is 4.79 Å². The van der Waals surface area contributed by atoms with Crippen LogP contribution in [0, 0.1) is 5.41 Å². The van der Waals surface area contributed by atoms with Gasteiger partial charge in [0.1, 0.15) is 6.10 Å². The number of aliphatic carboxylic acids is 1. The van der Waals surface area contributed by atoms with E-state index in [1.54, 1.807) is 20.1 Å². The number of nitrogens with one attached hydrogen (secondary N) is 1. The Morgan fingerprint density at radius 1 is 1.42 bits per heavy atom. The third-order valence-electron chi connectivity index (χ3n) is 4.55. The maximum absolute atomic E-state index is 12.4. The predicted molar refractivity (Wildman–Crippen MR) is 91.1 cm³/mol. The van der Waals surface area contributed by atoms with Crippen LogP contribution in [0.1, 0.15) is 31.9 Å². The highest BCUT2D eigenvalue weighted by atomic mass is 35.5. The molecular formula is C17H23ClN2O4. The van der Waals surface area contributed by atoms with Crippen molar-refractivity contribution in [2.75, 3.05) is 20.2 Å². The molecule has 1 saturated heterocycles. The van der Waals surface area contributed by atoms with E-state index >= 15 is 0 Å². The van der Waals surface area contributed by atoms with E-state index in [4.69, 9.17) is 16.3 Å². The quantitative estimate of drug-likeness (QED) is 0.852. The number of carboxylic acids is 1. The van der Waals surface area contributed by atoms with Crippen LogP contribution in [-0.4, -0.2) is 48.2 Å². The van der Waals surface area contributed by atoms with E-state index in [9.17, 15) is 14.7 Å². The molecule has 7 heteroatoms. The topological polar surface area (TPSA) is 78.9 Å². The first-order valence-corrected chi connectivity index (χ1v) is 8.22. The summed E-state index contributed by atoms with van der Waals surface area (Å²) in [4.78, 5) is 25.3. The van der Waals surface area contributed by atoms with Crippen molar-refractivity contribution in [3.05, 3.63) is 34.9 Å². The van der Waals surface area contributed by atoms with Crippen molar-refractivity contribution < 1.29 is 19.4 Å². The first kappa shape index (κ1) is 18.5. The first-order chi connectivity index (χ1) is 11.3. The largest absolute Gasteiger partial charge is 0.481 e. The molecule has 1 aliphatic rings. The number of methoxy groups -OCH3 is 1. The Morgan fingerprint density at radius 2 is 2.08 bits per heavy atom. The van der Waals surface area contributed by atoms with E-state index in [0.29, 0.717) is 18.0 Å². The molecule has 24 heavy (non-hydrogen) atoms. The lowest BCUT2D eigenvalue weighted by Gasteiger charge is -2.27. The number of carboxylic acid groups (broad SMARTS) is 1. The summed E-state index contributed by atoms with van der Waals surface area (Å²) in [6.07, 6.45) is 0.0543. The van der Waals surface area contributed by atoms with E-state index in [1.165, 1.54) is 4.90 Å². The molecule has 3 atom stereocenters. The highest BCUT2D eigenvalue weighted by Crippen LogP contribution is 2.31. The molecule has 0 saturated carbocycles. The number of likely N-dealkylation sites (tertiary alicyclic amines) is 1. The van der Waals surface area contributed by atoms with Gasteiger partial charge in [0.2, 0.25) is 0 Å². The van der Waals surface area contributed by atoms with Gasteiger partial charge in [-0.15, -0.1) is 0 Å². The van der Waals surface area contributed by atoms with Crippen molar-refractivity contribution in [3.8, 4) is 0 Å². The highest BCUT2D eigenvalue weighted by molar-refractivity contribution is 6.31. The van der Waals surface area contributed by atoms with Gasteiger partial charge in [0.25, 0.3) is 0 Å². The van der Waals surface area contributed by atoms with Crippen molar-refractivity contribution >= 4 is 23.6 Å². The van der Waals surface area contributed by atoms with Crippen molar-refractivity contribution in [1.82, 2.24) is 10.2 Å². The maximum atomic E-state index is 12.4. The second-order valence-corrected chi connectivity index (χ2v) is 6.86. The summed E-state index contributed by atoms with van der Waals surface area (Å²) in [7, 11) is 1.56. The Balaban J connectivity index is 2.03. The number of ether oxygens (including phenoxy) is 1. The van der Waals surface area contributed by atoms with Crippen LogP contribution in [0.25, 0.3) is 0 Å². The Hall–Kier alpha value is -1.79. The number of benzene rings is 1. The van der Waals surface area contributed by atoms with Gasteiger partial charge in [0.05, 0.1) is 11.5 Å². The number of nitrogens with zero attached hydrogens (tertiary/aromatic N) is 1. The summed E-state index contributed by atoms with van der Waals surface area (Å²) in [5.74, 6) is -0.878. The number of carbonyl (C=O) groups excluding carboxylic acids is 1. The number of urea groups is 1. The van der Waals surface area contributed by atoms with E-state index in [2.05, 4.69) is 5.32 Å². The molecule has 2 amide bonds. The van der Waals surface area contributed by atoms with Crippen LogP contribution in [0.5, 0.6) is 0 Å². The maximum Gasteiger partial charge on any atom is 0.317 e. The fraction of sp³-hybridized carbons (Fsp3) is 0.529. The van der Waals surface area contributed by atoms with Crippen LogP contribution in [0.4, 0.5) is 4.79 Å². The molecule has 2 N–H and O–H groups in total. The zero-order chi connectivity index (χ0) is 17.9. The first-order valence-electron chi connectivity index (χ1n) is 7.84. The minimum absolute atomic E-state index is 0.199. The van der Waals surface area contributed by atoms with Gasteiger partial charge < -0.3 is 20.1 Å². The van der Waals surface area contributed by atoms with E-state index in [0.717, 1.165) is 5.56 Å². The Kier molecular flexibility index (Phi) is 5.72. The number of amides is 2. The number of carbonyl (C=O) groups is 2. The summed E-state index contributed by atoms with van der Waals surface area (Å²) in [5.41, 5.74) is -0.0875. The molecular weight excluding hydrogens is 332 g/mol. The Morgan fingerprint density at radius 3 is 2.62 bits per heavy atom. The van der Waals surface area contributed by atoms with E-state index in [-0.39, 0.29) is 18.6 Å². The van der Waals surface area contributed by atoms with Gasteiger partial charge in [-0.2, -0.15) is 0 Å². The van der Waals surface area contributed by atoms with Crippen LogP contribution in [0.15, 0.2) is 24.3 Å². The zero-order valence-corrected chi connectivity index (χ0v) is 14.8. The summed E-state index contributed by atoms with van der Waals surface area (Å²) in [5, 5.41) is 12.7. The standard InChI is InChI=1S/C17H23ClN2O4/c1-11(14(24-3)12-6-4-5-7-13(12)18)19-16(23)20-9-8-17(2,10-20)15(21)22/h4-7,11,14H,8-10H2,1-3H3,(H,19,23)(H,21,22). The molecule has 1 aliphatic heterocycles. The average Bonchev–Trinajstić information content (AvgIpc) is 2.94. The van der Waals surface area contributed by atoms with Gasteiger partial charge in [-0.1, -0.05) is 29.8 Å². The Bertz CT molecular complexity index is 624. The molecule has 1 aromatic rings. The van der Waals surface area contributed by atoms with Crippen LogP contribution < -0.4 is 5.32 Å². The molecule has 1 aromatic carbocycles. The molecule has 132 valence electrons. The number of halogens is 1. The zero-order valence-electron chi connectivity index (χ0n) is 14.1. The molecule has 1 fully saturated rings. The van der Waals surface area contributed by atoms with Crippen molar-refractivity contribution in [2.24, 2.45) is 5.41 Å². The molecule has 3 unspecified atom stereocenters.